The molecule has 2 aromatic heterocycles. The van der Waals surface area contributed by atoms with E-state index in [0.29, 0.717) is 18.1 Å². The number of rotatable bonds is 7. The van der Waals surface area contributed by atoms with Crippen molar-refractivity contribution < 1.29 is 0 Å². The van der Waals surface area contributed by atoms with Crippen molar-refractivity contribution in [3.05, 3.63) is 6.33 Å². The second-order valence-electron chi connectivity index (χ2n) is 4.97. The first kappa shape index (κ1) is 15.0. The van der Waals surface area contributed by atoms with Gasteiger partial charge >= 0.3 is 0 Å². The van der Waals surface area contributed by atoms with Gasteiger partial charge in [0.1, 0.15) is 5.52 Å². The van der Waals surface area contributed by atoms with Crippen LogP contribution in [0.5, 0.6) is 0 Å². The molecule has 0 aromatic carbocycles. The number of aromatic nitrogens is 4. The quantitative estimate of drug-likeness (QED) is 0.810. The zero-order valence-corrected chi connectivity index (χ0v) is 12.7. The molecule has 1 unspecified atom stereocenters. The van der Waals surface area contributed by atoms with Gasteiger partial charge in [0, 0.05) is 19.6 Å². The summed E-state index contributed by atoms with van der Waals surface area (Å²) in [5, 5.41) is 12.2. The molecule has 0 saturated carbocycles. The highest BCUT2D eigenvalue weighted by Gasteiger charge is 2.17. The number of imidazole rings is 1. The summed E-state index contributed by atoms with van der Waals surface area (Å²) in [6, 6.07) is 2.26. The summed E-state index contributed by atoms with van der Waals surface area (Å²) in [6.07, 6.45) is 2.62. The van der Waals surface area contributed by atoms with E-state index >= 15 is 0 Å². The Morgan fingerprint density at radius 3 is 2.90 bits per heavy atom. The Labute approximate surface area is 124 Å². The van der Waals surface area contributed by atoms with Crippen molar-refractivity contribution in [2.75, 3.05) is 29.9 Å². The maximum absolute atomic E-state index is 9.03. The van der Waals surface area contributed by atoms with E-state index < -0.39 is 0 Å². The summed E-state index contributed by atoms with van der Waals surface area (Å²) < 4.78 is 0. The standard InChI is InChI=1S/C14H21N7/c1-4-6-16-14-19-12-11(17-9-18-12)13(20-14)21(5-2)8-10(3)7-15/h9-10H,4-6,8H2,1-3H3,(H2,16,17,18,19,20). The largest absolute Gasteiger partial charge is 0.354 e. The Balaban J connectivity index is 2.39. The average Bonchev–Trinajstić information content (AvgIpc) is 2.97. The number of hydrogen-bond acceptors (Lipinski definition) is 6. The summed E-state index contributed by atoms with van der Waals surface area (Å²) in [5.41, 5.74) is 1.45. The molecule has 0 aliphatic carbocycles. The molecule has 0 aliphatic rings. The van der Waals surface area contributed by atoms with E-state index in [-0.39, 0.29) is 5.92 Å². The molecule has 0 spiro atoms. The number of fused-ring (bicyclic) bond motifs is 1. The number of hydrogen-bond donors (Lipinski definition) is 2. The van der Waals surface area contributed by atoms with Crippen LogP contribution in [0.25, 0.3) is 11.2 Å². The number of nitrogens with zero attached hydrogens (tertiary/aromatic N) is 5. The molecule has 2 heterocycles. The van der Waals surface area contributed by atoms with Crippen LogP contribution in [0, 0.1) is 17.2 Å². The molecular weight excluding hydrogens is 266 g/mol. The van der Waals surface area contributed by atoms with Crippen LogP contribution in [0.2, 0.25) is 0 Å². The molecule has 0 amide bonds. The molecule has 7 heteroatoms. The van der Waals surface area contributed by atoms with E-state index in [1.54, 1.807) is 6.33 Å². The molecule has 0 bridgehead atoms. The summed E-state index contributed by atoms with van der Waals surface area (Å²) in [6.45, 7) is 8.26. The van der Waals surface area contributed by atoms with Crippen LogP contribution in [0.1, 0.15) is 27.2 Å². The molecule has 7 nitrogen and oxygen atoms in total. The Bertz CT molecular complexity index is 628. The van der Waals surface area contributed by atoms with Crippen LogP contribution in [0.15, 0.2) is 6.33 Å². The molecule has 1 atom stereocenters. The number of aromatic amines is 1. The maximum atomic E-state index is 9.03. The summed E-state index contributed by atoms with van der Waals surface area (Å²) >= 11 is 0. The average molecular weight is 287 g/mol. The molecule has 2 N–H and O–H groups in total. The van der Waals surface area contributed by atoms with Crippen LogP contribution < -0.4 is 10.2 Å². The van der Waals surface area contributed by atoms with Crippen LogP contribution in [0.3, 0.4) is 0 Å². The Morgan fingerprint density at radius 2 is 2.24 bits per heavy atom. The van der Waals surface area contributed by atoms with Gasteiger partial charge < -0.3 is 15.2 Å². The van der Waals surface area contributed by atoms with Gasteiger partial charge in [0.2, 0.25) is 5.95 Å². The summed E-state index contributed by atoms with van der Waals surface area (Å²) in [5.74, 6) is 1.31. The molecular formula is C14H21N7. The number of nitrogens with one attached hydrogen (secondary N) is 2. The lowest BCUT2D eigenvalue weighted by molar-refractivity contribution is 0.680. The van der Waals surface area contributed by atoms with Gasteiger partial charge in [-0.05, 0) is 20.3 Å². The van der Waals surface area contributed by atoms with Crippen molar-refractivity contribution in [3.63, 3.8) is 0 Å². The van der Waals surface area contributed by atoms with E-state index in [4.69, 9.17) is 5.26 Å². The minimum absolute atomic E-state index is 0.0649. The van der Waals surface area contributed by atoms with Gasteiger partial charge in [0.05, 0.1) is 18.3 Å². The van der Waals surface area contributed by atoms with Gasteiger partial charge in [-0.3, -0.25) is 0 Å². The first-order chi connectivity index (χ1) is 10.2. The zero-order chi connectivity index (χ0) is 15.2. The molecule has 2 aromatic rings. The van der Waals surface area contributed by atoms with E-state index in [1.807, 2.05) is 13.8 Å². The minimum Gasteiger partial charge on any atom is -0.354 e. The molecule has 21 heavy (non-hydrogen) atoms. The van der Waals surface area contributed by atoms with Crippen molar-refractivity contribution in [3.8, 4) is 6.07 Å². The van der Waals surface area contributed by atoms with Gasteiger partial charge in [-0.25, -0.2) is 4.98 Å². The highest BCUT2D eigenvalue weighted by Crippen LogP contribution is 2.23. The number of anilines is 2. The van der Waals surface area contributed by atoms with Crippen molar-refractivity contribution >= 4 is 22.9 Å². The van der Waals surface area contributed by atoms with Gasteiger partial charge in [-0.2, -0.15) is 15.2 Å². The predicted molar refractivity (Wildman–Crippen MR) is 83.1 cm³/mol. The monoisotopic (exact) mass is 287 g/mol. The minimum atomic E-state index is -0.0649. The first-order valence-electron chi connectivity index (χ1n) is 7.29. The number of H-pyrrole nitrogens is 1. The smallest absolute Gasteiger partial charge is 0.226 e. The lowest BCUT2D eigenvalue weighted by Crippen LogP contribution is -2.29. The molecule has 0 fully saturated rings. The van der Waals surface area contributed by atoms with Crippen molar-refractivity contribution in [1.29, 1.82) is 5.26 Å². The fourth-order valence-electron chi connectivity index (χ4n) is 2.10. The highest BCUT2D eigenvalue weighted by molar-refractivity contribution is 5.84. The topological polar surface area (TPSA) is 93.5 Å². The van der Waals surface area contributed by atoms with Crippen molar-refractivity contribution in [1.82, 2.24) is 19.9 Å². The second kappa shape index (κ2) is 6.88. The van der Waals surface area contributed by atoms with Crippen LogP contribution in [-0.4, -0.2) is 39.6 Å². The van der Waals surface area contributed by atoms with Crippen LogP contribution in [-0.2, 0) is 0 Å². The number of nitriles is 1. The molecule has 0 radical (unpaired) electrons. The van der Waals surface area contributed by atoms with Crippen molar-refractivity contribution in [2.24, 2.45) is 5.92 Å². The zero-order valence-electron chi connectivity index (χ0n) is 12.7. The lowest BCUT2D eigenvalue weighted by Gasteiger charge is -2.23. The Kier molecular flexibility index (Phi) is 4.93. The van der Waals surface area contributed by atoms with E-state index in [1.165, 1.54) is 0 Å². The second-order valence-corrected chi connectivity index (χ2v) is 4.97. The van der Waals surface area contributed by atoms with E-state index in [0.717, 1.165) is 30.8 Å². The van der Waals surface area contributed by atoms with Gasteiger partial charge in [-0.15, -0.1) is 0 Å². The fraction of sp³-hybridized carbons (Fsp3) is 0.571. The van der Waals surface area contributed by atoms with E-state index in [9.17, 15) is 0 Å². The first-order valence-corrected chi connectivity index (χ1v) is 7.29. The van der Waals surface area contributed by atoms with Crippen LogP contribution >= 0.6 is 0 Å². The van der Waals surface area contributed by atoms with Crippen molar-refractivity contribution in [2.45, 2.75) is 27.2 Å². The molecule has 0 saturated heterocycles. The van der Waals surface area contributed by atoms with E-state index in [2.05, 4.69) is 43.1 Å². The SMILES string of the molecule is CCCNc1nc(N(CC)CC(C)C#N)c2[nH]cnc2n1. The molecule has 0 aliphatic heterocycles. The van der Waals surface area contributed by atoms with Gasteiger partial charge in [0.15, 0.2) is 11.5 Å². The van der Waals surface area contributed by atoms with Gasteiger partial charge in [-0.1, -0.05) is 6.92 Å². The van der Waals surface area contributed by atoms with Gasteiger partial charge in [0.25, 0.3) is 0 Å². The Morgan fingerprint density at radius 1 is 1.43 bits per heavy atom. The predicted octanol–water partition coefficient (Wildman–Crippen LogP) is 2.16. The molecule has 112 valence electrons. The maximum Gasteiger partial charge on any atom is 0.226 e. The third-order valence-electron chi connectivity index (χ3n) is 3.20. The summed E-state index contributed by atoms with van der Waals surface area (Å²) in [4.78, 5) is 18.4. The Hall–Kier alpha value is -2.36. The third kappa shape index (κ3) is 3.40. The fourth-order valence-corrected chi connectivity index (χ4v) is 2.10. The van der Waals surface area contributed by atoms with Crippen LogP contribution in [0.4, 0.5) is 11.8 Å². The third-order valence-corrected chi connectivity index (χ3v) is 3.20. The normalized spacial score (nSPS) is 12.1. The molecule has 2 rings (SSSR count). The highest BCUT2D eigenvalue weighted by atomic mass is 15.2. The lowest BCUT2D eigenvalue weighted by atomic mass is 10.2. The summed E-state index contributed by atoms with van der Waals surface area (Å²) in [7, 11) is 0.